The zero-order chi connectivity index (χ0) is 19.5. The number of sulfone groups is 1. The van der Waals surface area contributed by atoms with Crippen LogP contribution in [-0.4, -0.2) is 29.1 Å². The fraction of sp³-hybridized carbons (Fsp3) is 0.400. The molecule has 0 aliphatic heterocycles. The zero-order valence-electron chi connectivity index (χ0n) is 15.4. The van der Waals surface area contributed by atoms with E-state index in [1.165, 1.54) is 24.3 Å². The molecule has 2 aromatic carbocycles. The van der Waals surface area contributed by atoms with Gasteiger partial charge in [-0.3, -0.25) is 0 Å². The average molecular weight is 408 g/mol. The van der Waals surface area contributed by atoms with Crippen molar-refractivity contribution in [1.29, 1.82) is 0 Å². The topological polar surface area (TPSA) is 80.3 Å². The summed E-state index contributed by atoms with van der Waals surface area (Å²) < 4.78 is 52.0. The predicted molar refractivity (Wildman–Crippen MR) is 106 cm³/mol. The Hall–Kier alpha value is -1.70. The van der Waals surface area contributed by atoms with Crippen LogP contribution in [0.25, 0.3) is 0 Å². The monoisotopic (exact) mass is 407 g/mol. The summed E-state index contributed by atoms with van der Waals surface area (Å²) >= 11 is 0. The van der Waals surface area contributed by atoms with E-state index in [4.69, 9.17) is 0 Å². The number of rotatable bonds is 7. The van der Waals surface area contributed by atoms with Crippen molar-refractivity contribution in [3.8, 4) is 0 Å². The van der Waals surface area contributed by atoms with E-state index in [0.717, 1.165) is 31.2 Å². The van der Waals surface area contributed by atoms with Crippen LogP contribution in [0, 0.1) is 0 Å². The lowest BCUT2D eigenvalue weighted by molar-refractivity contribution is 0.432. The Bertz CT molecular complexity index is 976. The van der Waals surface area contributed by atoms with Crippen LogP contribution in [-0.2, 0) is 25.3 Å². The standard InChI is InChI=1S/C20H25NO4S2/c1-2-26(22,23)18-10-12-19(13-11-18)27(24,25)21-16-20(14-6-7-15-20)17-8-4-3-5-9-17/h3-5,8-13,21H,2,6-7,14-16H2,1H3. The van der Waals surface area contributed by atoms with Crippen LogP contribution in [0.1, 0.15) is 38.2 Å². The van der Waals surface area contributed by atoms with Crippen LogP contribution in [0.15, 0.2) is 64.4 Å². The molecule has 1 aliphatic carbocycles. The summed E-state index contributed by atoms with van der Waals surface area (Å²) in [5.74, 6) is -0.0169. The van der Waals surface area contributed by atoms with E-state index in [9.17, 15) is 16.8 Å². The number of hydrogen-bond acceptors (Lipinski definition) is 4. The van der Waals surface area contributed by atoms with Crippen molar-refractivity contribution < 1.29 is 16.8 Å². The molecule has 1 fully saturated rings. The first kappa shape index (κ1) is 20.0. The summed E-state index contributed by atoms with van der Waals surface area (Å²) in [6, 6.07) is 15.5. The molecule has 146 valence electrons. The van der Waals surface area contributed by atoms with Gasteiger partial charge in [-0.2, -0.15) is 0 Å². The van der Waals surface area contributed by atoms with Gasteiger partial charge in [-0.1, -0.05) is 50.1 Å². The minimum atomic E-state index is -3.71. The Morgan fingerprint density at radius 1 is 0.852 bits per heavy atom. The average Bonchev–Trinajstić information content (AvgIpc) is 3.18. The van der Waals surface area contributed by atoms with Crippen molar-refractivity contribution >= 4 is 19.9 Å². The van der Waals surface area contributed by atoms with Crippen molar-refractivity contribution in [3.05, 3.63) is 60.2 Å². The SMILES string of the molecule is CCS(=O)(=O)c1ccc(S(=O)(=O)NCC2(c3ccccc3)CCCC2)cc1. The van der Waals surface area contributed by atoms with Gasteiger partial charge >= 0.3 is 0 Å². The minimum absolute atomic E-state index is 0.0169. The molecule has 27 heavy (non-hydrogen) atoms. The van der Waals surface area contributed by atoms with Gasteiger partial charge in [0.15, 0.2) is 9.84 Å². The smallest absolute Gasteiger partial charge is 0.224 e. The highest BCUT2D eigenvalue weighted by Crippen LogP contribution is 2.40. The lowest BCUT2D eigenvalue weighted by Gasteiger charge is -2.30. The molecule has 0 amide bonds. The molecule has 0 heterocycles. The van der Waals surface area contributed by atoms with Gasteiger partial charge < -0.3 is 0 Å². The molecule has 1 aliphatic rings. The lowest BCUT2D eigenvalue weighted by atomic mass is 9.79. The second-order valence-corrected chi connectivity index (χ2v) is 11.1. The normalized spacial score (nSPS) is 17.1. The van der Waals surface area contributed by atoms with E-state index in [1.54, 1.807) is 6.92 Å². The summed E-state index contributed by atoms with van der Waals surface area (Å²) in [6.07, 6.45) is 4.07. The van der Waals surface area contributed by atoms with Crippen LogP contribution in [0.2, 0.25) is 0 Å². The van der Waals surface area contributed by atoms with Crippen molar-refractivity contribution in [2.75, 3.05) is 12.3 Å². The van der Waals surface area contributed by atoms with Gasteiger partial charge in [-0.05, 0) is 42.7 Å². The molecular formula is C20H25NO4S2. The summed E-state index contributed by atoms with van der Waals surface area (Å²) in [6.45, 7) is 1.90. The molecule has 1 saturated carbocycles. The van der Waals surface area contributed by atoms with E-state index < -0.39 is 19.9 Å². The highest BCUT2D eigenvalue weighted by Gasteiger charge is 2.36. The molecule has 3 rings (SSSR count). The van der Waals surface area contributed by atoms with Crippen LogP contribution in [0.5, 0.6) is 0 Å². The molecule has 0 saturated heterocycles. The van der Waals surface area contributed by atoms with Crippen LogP contribution >= 0.6 is 0 Å². The first-order valence-corrected chi connectivity index (χ1v) is 12.3. The molecule has 0 aromatic heterocycles. The molecule has 1 N–H and O–H groups in total. The zero-order valence-corrected chi connectivity index (χ0v) is 17.0. The predicted octanol–water partition coefficient (Wildman–Crippen LogP) is 3.27. The first-order chi connectivity index (χ1) is 12.8. The van der Waals surface area contributed by atoms with E-state index in [2.05, 4.69) is 16.9 Å². The Balaban J connectivity index is 1.80. The number of nitrogens with one attached hydrogen (secondary N) is 1. The lowest BCUT2D eigenvalue weighted by Crippen LogP contribution is -2.39. The summed E-state index contributed by atoms with van der Waals surface area (Å²) in [4.78, 5) is 0.222. The van der Waals surface area contributed by atoms with Crippen LogP contribution < -0.4 is 4.72 Å². The summed E-state index contributed by atoms with van der Waals surface area (Å²) in [5.41, 5.74) is 0.981. The summed E-state index contributed by atoms with van der Waals surface area (Å²) in [5, 5.41) is 0. The first-order valence-electron chi connectivity index (χ1n) is 9.17. The molecule has 2 aromatic rings. The third-order valence-corrected chi connectivity index (χ3v) is 8.59. The molecule has 0 unspecified atom stereocenters. The van der Waals surface area contributed by atoms with E-state index in [-0.39, 0.29) is 21.0 Å². The third kappa shape index (κ3) is 4.25. The van der Waals surface area contributed by atoms with Crippen molar-refractivity contribution in [3.63, 3.8) is 0 Å². The quantitative estimate of drug-likeness (QED) is 0.764. The Morgan fingerprint density at radius 3 is 1.96 bits per heavy atom. The number of hydrogen-bond donors (Lipinski definition) is 1. The van der Waals surface area contributed by atoms with Crippen molar-refractivity contribution in [2.24, 2.45) is 0 Å². The second kappa shape index (κ2) is 7.73. The molecule has 0 spiro atoms. The molecule has 7 heteroatoms. The van der Waals surface area contributed by atoms with Crippen LogP contribution in [0.3, 0.4) is 0 Å². The Morgan fingerprint density at radius 2 is 1.41 bits per heavy atom. The maximum absolute atomic E-state index is 12.7. The van der Waals surface area contributed by atoms with Gasteiger partial charge in [-0.15, -0.1) is 0 Å². The van der Waals surface area contributed by atoms with Crippen molar-refractivity contribution in [2.45, 2.75) is 47.8 Å². The van der Waals surface area contributed by atoms with Gasteiger partial charge in [0.05, 0.1) is 15.5 Å². The molecule has 0 radical (unpaired) electrons. The number of benzene rings is 2. The van der Waals surface area contributed by atoms with Gasteiger partial charge in [0, 0.05) is 12.0 Å². The molecular weight excluding hydrogens is 382 g/mol. The highest BCUT2D eigenvalue weighted by atomic mass is 32.2. The van der Waals surface area contributed by atoms with Gasteiger partial charge in [-0.25, -0.2) is 21.6 Å². The second-order valence-electron chi connectivity index (χ2n) is 7.05. The van der Waals surface area contributed by atoms with Gasteiger partial charge in [0.2, 0.25) is 10.0 Å². The molecule has 0 bridgehead atoms. The maximum Gasteiger partial charge on any atom is 0.240 e. The van der Waals surface area contributed by atoms with Crippen molar-refractivity contribution in [1.82, 2.24) is 4.72 Å². The third-order valence-electron chi connectivity index (χ3n) is 5.42. The van der Waals surface area contributed by atoms with Gasteiger partial charge in [0.25, 0.3) is 0 Å². The highest BCUT2D eigenvalue weighted by molar-refractivity contribution is 7.91. The maximum atomic E-state index is 12.7. The van der Waals surface area contributed by atoms with Gasteiger partial charge in [0.1, 0.15) is 0 Å². The Kier molecular flexibility index (Phi) is 5.74. The Labute approximate surface area is 161 Å². The largest absolute Gasteiger partial charge is 0.240 e. The van der Waals surface area contributed by atoms with E-state index in [0.29, 0.717) is 6.54 Å². The minimum Gasteiger partial charge on any atom is -0.224 e. The van der Waals surface area contributed by atoms with Crippen LogP contribution in [0.4, 0.5) is 0 Å². The fourth-order valence-corrected chi connectivity index (χ4v) is 5.73. The fourth-order valence-electron chi connectivity index (χ4n) is 3.72. The van der Waals surface area contributed by atoms with E-state index in [1.807, 2.05) is 18.2 Å². The molecule has 5 nitrogen and oxygen atoms in total. The van der Waals surface area contributed by atoms with E-state index >= 15 is 0 Å². The summed E-state index contributed by atoms with van der Waals surface area (Å²) in [7, 11) is -7.05. The molecule has 0 atom stereocenters. The number of sulfonamides is 1.